The van der Waals surface area contributed by atoms with Crippen molar-refractivity contribution in [3.05, 3.63) is 35.2 Å². The predicted octanol–water partition coefficient (Wildman–Crippen LogP) is 3.15. The molecule has 0 aromatic carbocycles. The number of fused-ring (bicyclic) bond motifs is 4. The Hall–Kier alpha value is -3.87. The lowest BCUT2D eigenvalue weighted by atomic mass is 9.98. The molecule has 4 fully saturated rings. The summed E-state index contributed by atoms with van der Waals surface area (Å²) < 4.78 is 81.0. The van der Waals surface area contributed by atoms with Gasteiger partial charge in [-0.05, 0) is 60.8 Å². The number of aliphatic hydroxyl groups excluding tert-OH is 2. The second-order valence-electron chi connectivity index (χ2n) is 17.9. The van der Waals surface area contributed by atoms with Crippen molar-refractivity contribution in [2.75, 3.05) is 38.3 Å². The molecule has 24 nitrogen and oxygen atoms in total. The van der Waals surface area contributed by atoms with Gasteiger partial charge in [-0.25, -0.2) is 38.6 Å². The molecular weight excluding hydrogens is 892 g/mol. The van der Waals surface area contributed by atoms with E-state index in [2.05, 4.69) is 29.9 Å². The summed E-state index contributed by atoms with van der Waals surface area (Å²) in [6, 6.07) is -0.853. The van der Waals surface area contributed by atoms with E-state index < -0.39 is 129 Å². The van der Waals surface area contributed by atoms with Gasteiger partial charge in [0.15, 0.2) is 28.9 Å². The third kappa shape index (κ3) is 8.58. The lowest BCUT2D eigenvalue weighted by Crippen LogP contribution is -2.38. The van der Waals surface area contributed by atoms with Gasteiger partial charge >= 0.3 is 26.6 Å². The minimum absolute atomic E-state index is 0.0443. The molecule has 1 spiro atoms. The fourth-order valence-electron chi connectivity index (χ4n) is 8.07. The predicted molar refractivity (Wildman–Crippen MR) is 219 cm³/mol. The molecule has 2 bridgehead atoms. The number of aromatic nitrogens is 8. The number of aryl methyl sites for hydroxylation is 1. The molecule has 4 aromatic rings. The van der Waals surface area contributed by atoms with Gasteiger partial charge in [0.05, 0.1) is 55.5 Å². The number of aliphatic hydroxyl groups is 2. The Labute approximate surface area is 363 Å². The van der Waals surface area contributed by atoms with Crippen molar-refractivity contribution >= 4 is 66.1 Å². The molecule has 27 heteroatoms. The summed E-state index contributed by atoms with van der Waals surface area (Å²) in [5.41, 5.74) is 2.91. The number of nitrogen functional groups attached to an aromatic ring is 1. The van der Waals surface area contributed by atoms with Crippen LogP contribution in [0.1, 0.15) is 66.1 Å². The summed E-state index contributed by atoms with van der Waals surface area (Å²) in [6.45, 7) is 4.10. The van der Waals surface area contributed by atoms with E-state index in [4.69, 9.17) is 42.6 Å². The summed E-state index contributed by atoms with van der Waals surface area (Å²) in [5, 5.41) is 23.1. The summed E-state index contributed by atoms with van der Waals surface area (Å²) in [5.74, 6) is -3.14. The van der Waals surface area contributed by atoms with Crippen LogP contribution in [0, 0.1) is 35.0 Å². The molecule has 1 unspecified atom stereocenters. The molecule has 2 saturated heterocycles. The number of esters is 2. The third-order valence-corrected chi connectivity index (χ3v) is 16.2. The minimum Gasteiger partial charge on any atom is -0.454 e. The molecule has 0 amide bonds. The van der Waals surface area contributed by atoms with Crippen LogP contribution in [0.5, 0.6) is 0 Å². The quantitative estimate of drug-likeness (QED) is 0.106. The van der Waals surface area contributed by atoms with Crippen molar-refractivity contribution < 1.29 is 65.8 Å². The molecule has 8 rings (SSSR count). The van der Waals surface area contributed by atoms with E-state index in [9.17, 15) is 24.6 Å². The number of aromatic amines is 1. The normalized spacial score (nSPS) is 33.5. The topological polar surface area (TPSA) is 316 Å². The molecule has 2 aliphatic heterocycles. The van der Waals surface area contributed by atoms with E-state index >= 15 is 9.13 Å². The maximum Gasteiger partial charge on any atom is 0.478 e. The number of imidazole rings is 2. The smallest absolute Gasteiger partial charge is 0.454 e. The van der Waals surface area contributed by atoms with Gasteiger partial charge in [0.1, 0.15) is 41.9 Å². The highest BCUT2D eigenvalue weighted by Crippen LogP contribution is 2.74. The zero-order chi connectivity index (χ0) is 45.4. The summed E-state index contributed by atoms with van der Waals surface area (Å²) >= 11 is 0.545. The third-order valence-electron chi connectivity index (χ3n) is 11.5. The summed E-state index contributed by atoms with van der Waals surface area (Å²) in [4.78, 5) is 62.4. The fraction of sp³-hybridized carbons (Fsp3) is 0.667. The number of carbonyl (C=O) groups is 2. The maximum atomic E-state index is 15.1. The van der Waals surface area contributed by atoms with E-state index in [0.717, 1.165) is 0 Å². The first-order valence-electron chi connectivity index (χ1n) is 19.9. The second-order valence-corrected chi connectivity index (χ2v) is 23.5. The molecule has 0 radical (unpaired) electrons. The zero-order valence-corrected chi connectivity index (χ0v) is 37.9. The molecule has 11 atom stereocenters. The zero-order valence-electron chi connectivity index (χ0n) is 35.3. The van der Waals surface area contributed by atoms with E-state index in [0.29, 0.717) is 11.4 Å². The van der Waals surface area contributed by atoms with Gasteiger partial charge in [-0.1, -0.05) is 0 Å². The highest BCUT2D eigenvalue weighted by molar-refractivity contribution is 8.55. The molecule has 4 aromatic heterocycles. The average molecular weight is 942 g/mol. The first-order chi connectivity index (χ1) is 29.6. The summed E-state index contributed by atoms with van der Waals surface area (Å²) in [6.07, 6.45) is -2.73. The van der Waals surface area contributed by atoms with Crippen LogP contribution < -0.4 is 11.3 Å². The molecule has 2 aliphatic carbocycles. The first kappa shape index (κ1) is 45.7. The Morgan fingerprint density at radius 3 is 2.41 bits per heavy atom. The average Bonchev–Trinajstić information content (AvgIpc) is 3.49. The van der Waals surface area contributed by atoms with Crippen LogP contribution in [0.15, 0.2) is 23.8 Å². The highest BCUT2D eigenvalue weighted by Gasteiger charge is 2.74. The molecular formula is C36H49N9O15P2S. The van der Waals surface area contributed by atoms with Crippen molar-refractivity contribution in [1.29, 1.82) is 0 Å². The van der Waals surface area contributed by atoms with E-state index in [1.165, 1.54) is 23.5 Å². The first-order valence-corrected chi connectivity index (χ1v) is 24.5. The Kier molecular flexibility index (Phi) is 12.0. The van der Waals surface area contributed by atoms with E-state index in [1.54, 1.807) is 53.0 Å². The number of nitrogens with zero attached hydrogens (tertiary/aromatic N) is 7. The van der Waals surface area contributed by atoms with Gasteiger partial charge in [0.2, 0.25) is 6.79 Å². The van der Waals surface area contributed by atoms with Crippen LogP contribution in [0.3, 0.4) is 0 Å². The lowest BCUT2D eigenvalue weighted by Gasteiger charge is -2.32. The van der Waals surface area contributed by atoms with Crippen LogP contribution in [0.4, 0.5) is 5.82 Å². The van der Waals surface area contributed by atoms with E-state index in [-0.39, 0.29) is 40.4 Å². The number of carbonyl (C=O) groups excluding carboxylic acids is 2. The van der Waals surface area contributed by atoms with Crippen LogP contribution in [0.2, 0.25) is 0 Å². The Bertz CT molecular complexity index is 2580. The Morgan fingerprint density at radius 1 is 1.00 bits per heavy atom. The van der Waals surface area contributed by atoms with Crippen molar-refractivity contribution in [3.8, 4) is 0 Å². The van der Waals surface area contributed by atoms with Crippen molar-refractivity contribution in [3.63, 3.8) is 0 Å². The standard InChI is InChI=1S/C36H49N9O15P2S/c1-17-42-29-22(30(48)43-17)41-14-45(29)31-25-18(9-46)20(58-31)10-55-62(52,63-16-54-33(50)35(5,6)7)60-26-24(47)23(44-13-40-21-27(37)38-12-39-28(21)44)19-8-36(19,26)11-56-61(51,59-25)57-15-53-32(49)34(2,3)4/h12-14,18-20,23-26,31,46-47H,8-11,15-16H2,1-7H3,(H2,37,38,39)(H,42,43,48)/t18-,19-,20-,23-,24+,25-,26+,31-,36?,61-,62-/m1/s1. The number of rotatable bonds is 9. The Balaban J connectivity index is 1.21. The molecule has 4 aliphatic rings. The number of hydrogen-bond acceptors (Lipinski definition) is 22. The molecule has 344 valence electrons. The molecule has 6 heterocycles. The SMILES string of the molecule is Cc1nc2c(ncn2[C@@H]2O[C@@H]3CO[P@@](=O)(SCOC(=O)C(C)(C)C)O[C@H]4[C@@H](O)[C@H](n5cnc6c(N)ncnc65)[C@H]5CC54CO[P@](=O)(OCOC(=O)C(C)(C)C)O[C@@H]2[C@@H]3CO)c(=O)[nH]1. The molecule has 2 saturated carbocycles. The lowest BCUT2D eigenvalue weighted by molar-refractivity contribution is -0.161. The number of hydrogen-bond donors (Lipinski definition) is 4. The van der Waals surface area contributed by atoms with Gasteiger partial charge in [0.25, 0.3) is 5.56 Å². The molecule has 5 N–H and O–H groups in total. The number of phosphoric acid groups is 1. The van der Waals surface area contributed by atoms with Crippen LogP contribution in [-0.2, 0) is 55.5 Å². The Morgan fingerprint density at radius 2 is 1.70 bits per heavy atom. The number of ether oxygens (including phenoxy) is 3. The molecule has 63 heavy (non-hydrogen) atoms. The van der Waals surface area contributed by atoms with Gasteiger partial charge in [-0.2, -0.15) is 0 Å². The monoisotopic (exact) mass is 941 g/mol. The van der Waals surface area contributed by atoms with Gasteiger partial charge in [-0.15, -0.1) is 0 Å². The number of anilines is 1. The highest BCUT2D eigenvalue weighted by atomic mass is 32.7. The fourth-order valence-corrected chi connectivity index (χ4v) is 12.2. The van der Waals surface area contributed by atoms with Crippen LogP contribution in [0.25, 0.3) is 22.3 Å². The minimum atomic E-state index is -4.95. The second kappa shape index (κ2) is 16.5. The number of H-pyrrole nitrogens is 1. The van der Waals surface area contributed by atoms with Crippen LogP contribution >= 0.6 is 26.0 Å². The van der Waals surface area contributed by atoms with Crippen LogP contribution in [-0.4, -0.2) is 118 Å². The van der Waals surface area contributed by atoms with Crippen molar-refractivity contribution in [2.45, 2.75) is 91.6 Å². The number of phosphoric ester groups is 1. The van der Waals surface area contributed by atoms with Gasteiger partial charge in [0, 0.05) is 22.7 Å². The maximum absolute atomic E-state index is 15.1. The van der Waals surface area contributed by atoms with Gasteiger partial charge < -0.3 is 39.7 Å². The van der Waals surface area contributed by atoms with Crippen molar-refractivity contribution in [2.24, 2.45) is 28.1 Å². The van der Waals surface area contributed by atoms with Gasteiger partial charge in [-0.3, -0.25) is 37.0 Å². The number of nitrogens with one attached hydrogen (secondary N) is 1. The largest absolute Gasteiger partial charge is 0.478 e. The number of nitrogens with two attached hydrogens (primary N) is 1. The van der Waals surface area contributed by atoms with Crippen molar-refractivity contribution in [1.82, 2.24) is 39.0 Å². The summed E-state index contributed by atoms with van der Waals surface area (Å²) in [7, 11) is -4.95. The van der Waals surface area contributed by atoms with E-state index in [1.807, 2.05) is 0 Å².